The quantitative estimate of drug-likeness (QED) is 0.802. The van der Waals surface area contributed by atoms with Crippen molar-refractivity contribution in [2.75, 3.05) is 13.1 Å². The third-order valence-electron chi connectivity index (χ3n) is 4.87. The van der Waals surface area contributed by atoms with Crippen LogP contribution in [-0.2, 0) is 0 Å². The molecule has 0 amide bonds. The Labute approximate surface area is 126 Å². The van der Waals surface area contributed by atoms with Gasteiger partial charge in [0.15, 0.2) is 5.78 Å². The lowest BCUT2D eigenvalue weighted by Crippen LogP contribution is -2.50. The number of likely N-dealkylation sites (tertiary alicyclic amines) is 1. The highest BCUT2D eigenvalue weighted by Gasteiger charge is 2.39. The van der Waals surface area contributed by atoms with Gasteiger partial charge in [-0.1, -0.05) is 25.1 Å². The Morgan fingerprint density at radius 1 is 1.24 bits per heavy atom. The number of aromatic nitrogens is 1. The Balaban J connectivity index is 2.06. The van der Waals surface area contributed by atoms with E-state index in [1.165, 1.54) is 12.8 Å². The van der Waals surface area contributed by atoms with E-state index in [1.807, 2.05) is 30.3 Å². The van der Waals surface area contributed by atoms with Gasteiger partial charge in [-0.15, -0.1) is 0 Å². The highest BCUT2D eigenvalue weighted by molar-refractivity contribution is 6.11. The molecular formula is C18H22N2O. The number of Topliss-reactive ketones (excluding diaryl/α,β-unsaturated/α-hetero) is 1. The molecule has 1 saturated heterocycles. The number of carbonyl (C=O) groups is 1. The zero-order valence-electron chi connectivity index (χ0n) is 12.8. The number of fused-ring (bicyclic) bond motifs is 1. The lowest BCUT2D eigenvalue weighted by Gasteiger charge is -2.37. The molecular weight excluding hydrogens is 260 g/mol. The summed E-state index contributed by atoms with van der Waals surface area (Å²) in [6, 6.07) is 9.73. The van der Waals surface area contributed by atoms with Crippen LogP contribution in [-0.4, -0.2) is 34.3 Å². The van der Waals surface area contributed by atoms with Crippen LogP contribution in [0.2, 0.25) is 0 Å². The largest absolute Gasteiger partial charge is 0.292 e. The zero-order valence-corrected chi connectivity index (χ0v) is 12.8. The molecule has 0 saturated carbocycles. The lowest BCUT2D eigenvalue weighted by atomic mass is 9.85. The average Bonchev–Trinajstić information content (AvgIpc) is 3.08. The summed E-state index contributed by atoms with van der Waals surface area (Å²) in [4.78, 5) is 19.9. The molecule has 0 bridgehead atoms. The number of pyridine rings is 1. The minimum absolute atomic E-state index is 0.227. The Kier molecular flexibility index (Phi) is 3.77. The van der Waals surface area contributed by atoms with E-state index >= 15 is 0 Å². The molecule has 3 heteroatoms. The van der Waals surface area contributed by atoms with Crippen molar-refractivity contribution in [3.63, 3.8) is 0 Å². The number of rotatable bonds is 4. The van der Waals surface area contributed by atoms with Gasteiger partial charge in [-0.2, -0.15) is 0 Å². The summed E-state index contributed by atoms with van der Waals surface area (Å²) >= 11 is 0. The molecule has 2 aromatic rings. The summed E-state index contributed by atoms with van der Waals surface area (Å²) in [5.74, 6) is 0.227. The van der Waals surface area contributed by atoms with Gasteiger partial charge in [0.1, 0.15) is 0 Å². The van der Waals surface area contributed by atoms with Crippen LogP contribution in [0.25, 0.3) is 10.9 Å². The second-order valence-electron chi connectivity index (χ2n) is 6.03. The van der Waals surface area contributed by atoms with E-state index in [4.69, 9.17) is 0 Å². The molecule has 0 radical (unpaired) electrons. The zero-order chi connectivity index (χ0) is 14.9. The van der Waals surface area contributed by atoms with Crippen molar-refractivity contribution >= 4 is 16.7 Å². The van der Waals surface area contributed by atoms with Crippen molar-refractivity contribution in [3.8, 4) is 0 Å². The Hall–Kier alpha value is -1.74. The molecule has 0 spiro atoms. The molecule has 21 heavy (non-hydrogen) atoms. The molecule has 3 nitrogen and oxygen atoms in total. The Bertz CT molecular complexity index is 656. The number of ketones is 1. The first-order valence-electron chi connectivity index (χ1n) is 7.80. The van der Waals surface area contributed by atoms with Crippen LogP contribution in [0.4, 0.5) is 0 Å². The fourth-order valence-corrected chi connectivity index (χ4v) is 3.33. The van der Waals surface area contributed by atoms with Crippen molar-refractivity contribution < 1.29 is 4.79 Å². The summed E-state index contributed by atoms with van der Waals surface area (Å²) < 4.78 is 0. The van der Waals surface area contributed by atoms with E-state index in [1.54, 1.807) is 6.20 Å². The van der Waals surface area contributed by atoms with Crippen molar-refractivity contribution in [1.82, 2.24) is 9.88 Å². The van der Waals surface area contributed by atoms with Crippen molar-refractivity contribution in [2.24, 2.45) is 0 Å². The van der Waals surface area contributed by atoms with Crippen LogP contribution >= 0.6 is 0 Å². The molecule has 110 valence electrons. The van der Waals surface area contributed by atoms with Crippen LogP contribution in [0, 0.1) is 0 Å². The molecule has 2 heterocycles. The first-order valence-corrected chi connectivity index (χ1v) is 7.80. The van der Waals surface area contributed by atoms with Gasteiger partial charge in [0.2, 0.25) is 0 Å². The fraction of sp³-hybridized carbons (Fsp3) is 0.444. The van der Waals surface area contributed by atoms with Gasteiger partial charge in [0.05, 0.1) is 11.1 Å². The van der Waals surface area contributed by atoms with Gasteiger partial charge in [-0.3, -0.25) is 14.7 Å². The molecule has 1 unspecified atom stereocenters. The average molecular weight is 282 g/mol. The van der Waals surface area contributed by atoms with Crippen molar-refractivity contribution in [1.29, 1.82) is 0 Å². The molecule has 1 aliphatic heterocycles. The minimum Gasteiger partial charge on any atom is -0.292 e. The maximum atomic E-state index is 13.2. The van der Waals surface area contributed by atoms with E-state index in [0.717, 1.165) is 36.0 Å². The van der Waals surface area contributed by atoms with Crippen molar-refractivity contribution in [2.45, 2.75) is 38.6 Å². The molecule has 0 aliphatic carbocycles. The van der Waals surface area contributed by atoms with E-state index in [0.29, 0.717) is 0 Å². The van der Waals surface area contributed by atoms with Gasteiger partial charge in [0, 0.05) is 17.1 Å². The van der Waals surface area contributed by atoms with Gasteiger partial charge in [-0.25, -0.2) is 0 Å². The normalized spacial score (nSPS) is 18.8. The van der Waals surface area contributed by atoms with Crippen LogP contribution in [0.3, 0.4) is 0 Å². The molecule has 1 aliphatic rings. The van der Waals surface area contributed by atoms with E-state index in [-0.39, 0.29) is 5.78 Å². The molecule has 1 aromatic heterocycles. The van der Waals surface area contributed by atoms with E-state index < -0.39 is 5.54 Å². The molecule has 3 rings (SSSR count). The fourth-order valence-electron chi connectivity index (χ4n) is 3.33. The number of carbonyl (C=O) groups excluding carboxylic acids is 1. The number of hydrogen-bond acceptors (Lipinski definition) is 3. The molecule has 0 N–H and O–H groups in total. The summed E-state index contributed by atoms with van der Waals surface area (Å²) in [6.07, 6.45) is 5.00. The summed E-state index contributed by atoms with van der Waals surface area (Å²) in [5, 5.41) is 0.962. The highest BCUT2D eigenvalue weighted by Crippen LogP contribution is 2.30. The summed E-state index contributed by atoms with van der Waals surface area (Å²) in [5.41, 5.74) is 1.29. The second-order valence-corrected chi connectivity index (χ2v) is 6.03. The smallest absolute Gasteiger partial charge is 0.183 e. The van der Waals surface area contributed by atoms with Crippen LogP contribution < -0.4 is 0 Å². The van der Waals surface area contributed by atoms with Gasteiger partial charge in [-0.05, 0) is 51.4 Å². The van der Waals surface area contributed by atoms with Gasteiger partial charge in [0.25, 0.3) is 0 Å². The standard InChI is InChI=1S/C18H22N2O/c1-3-18(2,20-12-4-5-13-20)17(21)15-8-6-10-16-14(15)9-7-11-19-16/h6-11H,3-5,12-13H2,1-2H3. The van der Waals surface area contributed by atoms with Crippen molar-refractivity contribution in [3.05, 3.63) is 42.1 Å². The van der Waals surface area contributed by atoms with Crippen LogP contribution in [0.1, 0.15) is 43.5 Å². The van der Waals surface area contributed by atoms with Crippen LogP contribution in [0.15, 0.2) is 36.5 Å². The maximum absolute atomic E-state index is 13.2. The number of benzene rings is 1. The SMILES string of the molecule is CCC(C)(C(=O)c1cccc2ncccc12)N1CCCC1. The highest BCUT2D eigenvalue weighted by atomic mass is 16.1. The van der Waals surface area contributed by atoms with Gasteiger partial charge >= 0.3 is 0 Å². The second kappa shape index (κ2) is 5.57. The van der Waals surface area contributed by atoms with E-state index in [2.05, 4.69) is 23.7 Å². The monoisotopic (exact) mass is 282 g/mol. The maximum Gasteiger partial charge on any atom is 0.183 e. The summed E-state index contributed by atoms with van der Waals surface area (Å²) in [7, 11) is 0. The van der Waals surface area contributed by atoms with Crippen LogP contribution in [0.5, 0.6) is 0 Å². The predicted molar refractivity (Wildman–Crippen MR) is 85.6 cm³/mol. The number of nitrogens with zero attached hydrogens (tertiary/aromatic N) is 2. The Morgan fingerprint density at radius 2 is 2.00 bits per heavy atom. The predicted octanol–water partition coefficient (Wildman–Crippen LogP) is 3.68. The summed E-state index contributed by atoms with van der Waals surface area (Å²) in [6.45, 7) is 6.26. The molecule has 1 aromatic carbocycles. The third-order valence-corrected chi connectivity index (χ3v) is 4.87. The van der Waals surface area contributed by atoms with E-state index in [9.17, 15) is 4.79 Å². The van der Waals surface area contributed by atoms with Gasteiger partial charge < -0.3 is 0 Å². The minimum atomic E-state index is -0.402. The third kappa shape index (κ3) is 2.36. The first-order chi connectivity index (χ1) is 10.2. The topological polar surface area (TPSA) is 33.2 Å². The number of hydrogen-bond donors (Lipinski definition) is 0. The first kappa shape index (κ1) is 14.2. The molecule has 1 atom stereocenters. The lowest BCUT2D eigenvalue weighted by molar-refractivity contribution is 0.0649. The molecule has 1 fully saturated rings. The Morgan fingerprint density at radius 3 is 2.71 bits per heavy atom.